The van der Waals surface area contributed by atoms with Crippen molar-refractivity contribution in [2.45, 2.75) is 13.0 Å². The summed E-state index contributed by atoms with van der Waals surface area (Å²) >= 11 is 0. The first-order valence-corrected chi connectivity index (χ1v) is 6.64. The van der Waals surface area contributed by atoms with Crippen LogP contribution in [0.2, 0.25) is 0 Å². The monoisotopic (exact) mass is 251 g/mol. The summed E-state index contributed by atoms with van der Waals surface area (Å²) < 4.78 is 7.92. The molecule has 3 aromatic rings. The Morgan fingerprint density at radius 1 is 0.789 bits per heavy atom. The quantitative estimate of drug-likeness (QED) is 0.622. The van der Waals surface area contributed by atoms with Crippen molar-refractivity contribution in [1.82, 2.24) is 4.57 Å². The first-order valence-electron chi connectivity index (χ1n) is 6.64. The fourth-order valence-electron chi connectivity index (χ4n) is 2.22. The Labute approximate surface area is 113 Å². The van der Waals surface area contributed by atoms with E-state index in [1.807, 2.05) is 30.3 Å². The van der Waals surface area contributed by atoms with Crippen molar-refractivity contribution in [1.29, 1.82) is 0 Å². The number of rotatable bonds is 5. The van der Waals surface area contributed by atoms with E-state index >= 15 is 0 Å². The normalized spacial score (nSPS) is 10.7. The molecule has 19 heavy (non-hydrogen) atoms. The SMILES string of the molecule is c1ccc(OCCCn2cc3ccccc3c2)cc1. The average molecular weight is 251 g/mol. The third kappa shape index (κ3) is 2.97. The zero-order valence-electron chi connectivity index (χ0n) is 10.8. The van der Waals surface area contributed by atoms with Crippen LogP contribution in [0.5, 0.6) is 5.75 Å². The fraction of sp³-hybridized carbons (Fsp3) is 0.176. The molecule has 0 bridgehead atoms. The summed E-state index contributed by atoms with van der Waals surface area (Å²) in [6, 6.07) is 18.4. The first-order chi connectivity index (χ1) is 9.42. The average Bonchev–Trinajstić information content (AvgIpc) is 2.87. The molecule has 0 aliphatic rings. The summed E-state index contributed by atoms with van der Waals surface area (Å²) in [5, 5.41) is 2.60. The molecule has 0 aliphatic carbocycles. The Hall–Kier alpha value is -2.22. The second-order valence-corrected chi connectivity index (χ2v) is 4.64. The van der Waals surface area contributed by atoms with Crippen LogP contribution < -0.4 is 4.74 Å². The van der Waals surface area contributed by atoms with Crippen LogP contribution in [0.25, 0.3) is 10.8 Å². The van der Waals surface area contributed by atoms with Gasteiger partial charge in [-0.05, 0) is 29.3 Å². The molecule has 96 valence electrons. The molecule has 0 spiro atoms. The van der Waals surface area contributed by atoms with Crippen molar-refractivity contribution in [3.8, 4) is 5.75 Å². The van der Waals surface area contributed by atoms with E-state index in [0.717, 1.165) is 25.3 Å². The van der Waals surface area contributed by atoms with Crippen LogP contribution in [0, 0.1) is 0 Å². The smallest absolute Gasteiger partial charge is 0.119 e. The third-order valence-electron chi connectivity index (χ3n) is 3.18. The molecule has 0 N–H and O–H groups in total. The van der Waals surface area contributed by atoms with Crippen LogP contribution in [0.3, 0.4) is 0 Å². The molecule has 0 radical (unpaired) electrons. The number of hydrogen-bond acceptors (Lipinski definition) is 1. The zero-order chi connectivity index (χ0) is 12.9. The first kappa shape index (κ1) is 11.8. The standard InChI is InChI=1S/C17H17NO/c1-2-9-17(10-3-1)19-12-6-11-18-13-15-7-4-5-8-16(15)14-18/h1-5,7-10,13-14H,6,11-12H2. The lowest BCUT2D eigenvalue weighted by Gasteiger charge is -2.06. The molecule has 0 saturated heterocycles. The van der Waals surface area contributed by atoms with Crippen molar-refractivity contribution in [3.63, 3.8) is 0 Å². The van der Waals surface area contributed by atoms with Gasteiger partial charge in [-0.2, -0.15) is 0 Å². The maximum Gasteiger partial charge on any atom is 0.119 e. The number of benzene rings is 2. The summed E-state index contributed by atoms with van der Waals surface area (Å²) in [5.74, 6) is 0.945. The molecule has 0 unspecified atom stereocenters. The highest BCUT2D eigenvalue weighted by Crippen LogP contribution is 2.15. The topological polar surface area (TPSA) is 14.2 Å². The molecule has 1 aromatic heterocycles. The van der Waals surface area contributed by atoms with Gasteiger partial charge in [-0.3, -0.25) is 0 Å². The fourth-order valence-corrected chi connectivity index (χ4v) is 2.22. The molecule has 2 nitrogen and oxygen atoms in total. The Morgan fingerprint density at radius 2 is 1.42 bits per heavy atom. The zero-order valence-corrected chi connectivity index (χ0v) is 10.8. The van der Waals surface area contributed by atoms with E-state index in [1.54, 1.807) is 0 Å². The highest BCUT2D eigenvalue weighted by molar-refractivity contribution is 5.81. The molecule has 2 heteroatoms. The summed E-state index contributed by atoms with van der Waals surface area (Å²) in [5.41, 5.74) is 0. The van der Waals surface area contributed by atoms with Gasteiger partial charge in [0.15, 0.2) is 0 Å². The van der Waals surface area contributed by atoms with Crippen LogP contribution in [-0.4, -0.2) is 11.2 Å². The van der Waals surface area contributed by atoms with Crippen LogP contribution in [0.15, 0.2) is 67.0 Å². The number of aromatic nitrogens is 1. The lowest BCUT2D eigenvalue weighted by atomic mass is 10.2. The van der Waals surface area contributed by atoms with E-state index in [2.05, 4.69) is 41.2 Å². The van der Waals surface area contributed by atoms with Crippen molar-refractivity contribution in [2.24, 2.45) is 0 Å². The Morgan fingerprint density at radius 3 is 2.11 bits per heavy atom. The van der Waals surface area contributed by atoms with Crippen LogP contribution in [0.4, 0.5) is 0 Å². The minimum Gasteiger partial charge on any atom is -0.494 e. The number of aryl methyl sites for hydroxylation is 1. The second-order valence-electron chi connectivity index (χ2n) is 4.64. The van der Waals surface area contributed by atoms with Gasteiger partial charge in [0.2, 0.25) is 0 Å². The van der Waals surface area contributed by atoms with E-state index in [-0.39, 0.29) is 0 Å². The van der Waals surface area contributed by atoms with Crippen LogP contribution >= 0.6 is 0 Å². The molecular weight excluding hydrogens is 234 g/mol. The van der Waals surface area contributed by atoms with Gasteiger partial charge in [-0.1, -0.05) is 42.5 Å². The Kier molecular flexibility index (Phi) is 3.50. The van der Waals surface area contributed by atoms with E-state index in [0.29, 0.717) is 0 Å². The summed E-state index contributed by atoms with van der Waals surface area (Å²) in [4.78, 5) is 0. The van der Waals surface area contributed by atoms with Gasteiger partial charge >= 0.3 is 0 Å². The highest BCUT2D eigenvalue weighted by atomic mass is 16.5. The van der Waals surface area contributed by atoms with Gasteiger partial charge in [0.05, 0.1) is 6.61 Å². The van der Waals surface area contributed by atoms with Crippen molar-refractivity contribution < 1.29 is 4.74 Å². The van der Waals surface area contributed by atoms with Gasteiger partial charge in [0, 0.05) is 18.9 Å². The number of hydrogen-bond donors (Lipinski definition) is 0. The number of ether oxygens (including phenoxy) is 1. The van der Waals surface area contributed by atoms with E-state index < -0.39 is 0 Å². The van der Waals surface area contributed by atoms with Crippen molar-refractivity contribution in [3.05, 3.63) is 67.0 Å². The Bertz CT molecular complexity index is 609. The molecule has 3 rings (SSSR count). The van der Waals surface area contributed by atoms with Crippen LogP contribution in [0.1, 0.15) is 6.42 Å². The minimum absolute atomic E-state index is 0.749. The Balaban J connectivity index is 1.52. The highest BCUT2D eigenvalue weighted by Gasteiger charge is 1.98. The summed E-state index contributed by atoms with van der Waals surface area (Å²) in [6.07, 6.45) is 5.39. The lowest BCUT2D eigenvalue weighted by molar-refractivity contribution is 0.302. The lowest BCUT2D eigenvalue weighted by Crippen LogP contribution is -2.02. The van der Waals surface area contributed by atoms with Gasteiger partial charge in [-0.15, -0.1) is 0 Å². The summed E-state index contributed by atoms with van der Waals surface area (Å²) in [7, 11) is 0. The van der Waals surface area contributed by atoms with Gasteiger partial charge in [0.1, 0.15) is 5.75 Å². The molecule has 2 aromatic carbocycles. The maximum atomic E-state index is 5.69. The molecule has 0 aliphatic heterocycles. The number of para-hydroxylation sites is 1. The largest absolute Gasteiger partial charge is 0.494 e. The van der Waals surface area contributed by atoms with E-state index in [4.69, 9.17) is 4.74 Å². The molecule has 0 fully saturated rings. The van der Waals surface area contributed by atoms with E-state index in [9.17, 15) is 0 Å². The van der Waals surface area contributed by atoms with Crippen molar-refractivity contribution >= 4 is 10.8 Å². The number of fused-ring (bicyclic) bond motifs is 1. The molecule has 1 heterocycles. The summed E-state index contributed by atoms with van der Waals surface area (Å²) in [6.45, 7) is 1.74. The number of nitrogens with zero attached hydrogens (tertiary/aromatic N) is 1. The predicted octanol–water partition coefficient (Wildman–Crippen LogP) is 4.11. The second kappa shape index (κ2) is 5.61. The molecule has 0 saturated carbocycles. The van der Waals surface area contributed by atoms with Crippen LogP contribution in [-0.2, 0) is 6.54 Å². The molecular formula is C17H17NO. The maximum absolute atomic E-state index is 5.69. The van der Waals surface area contributed by atoms with Gasteiger partial charge < -0.3 is 9.30 Å². The minimum atomic E-state index is 0.749. The predicted molar refractivity (Wildman–Crippen MR) is 78.5 cm³/mol. The third-order valence-corrected chi connectivity index (χ3v) is 3.18. The molecule has 0 atom stereocenters. The van der Waals surface area contributed by atoms with Gasteiger partial charge in [0.25, 0.3) is 0 Å². The van der Waals surface area contributed by atoms with E-state index in [1.165, 1.54) is 10.8 Å². The molecule has 0 amide bonds. The van der Waals surface area contributed by atoms with Crippen molar-refractivity contribution in [2.75, 3.05) is 6.61 Å². The van der Waals surface area contributed by atoms with Gasteiger partial charge in [-0.25, -0.2) is 0 Å².